The molecule has 19 heavy (non-hydrogen) atoms. The highest BCUT2D eigenvalue weighted by Gasteiger charge is 2.12. The second-order valence-corrected chi connectivity index (χ2v) is 4.46. The fraction of sp³-hybridized carbons (Fsp3) is 0.333. The minimum Gasteiger partial charge on any atom is -0.481 e. The van der Waals surface area contributed by atoms with E-state index >= 15 is 0 Å². The highest BCUT2D eigenvalue weighted by Crippen LogP contribution is 2.21. The summed E-state index contributed by atoms with van der Waals surface area (Å²) in [5.74, 6) is 0.533. The molecular formula is C15H19N3O. The summed E-state index contributed by atoms with van der Waals surface area (Å²) < 4.78 is 5.10. The maximum atomic E-state index is 6.26. The molecule has 0 aliphatic carbocycles. The summed E-state index contributed by atoms with van der Waals surface area (Å²) in [7, 11) is 1.58. The van der Waals surface area contributed by atoms with Crippen molar-refractivity contribution in [2.24, 2.45) is 5.73 Å². The van der Waals surface area contributed by atoms with Gasteiger partial charge in [-0.25, -0.2) is 9.97 Å². The molecule has 4 heteroatoms. The van der Waals surface area contributed by atoms with Gasteiger partial charge in [-0.15, -0.1) is 0 Å². The smallest absolute Gasteiger partial charge is 0.216 e. The van der Waals surface area contributed by atoms with E-state index in [9.17, 15) is 0 Å². The summed E-state index contributed by atoms with van der Waals surface area (Å²) in [5, 5.41) is 0. The van der Waals surface area contributed by atoms with E-state index in [0.29, 0.717) is 5.88 Å². The lowest BCUT2D eigenvalue weighted by molar-refractivity contribution is 0.395. The first-order valence-electron chi connectivity index (χ1n) is 6.45. The van der Waals surface area contributed by atoms with Gasteiger partial charge in [0.2, 0.25) is 5.88 Å². The zero-order valence-electron chi connectivity index (χ0n) is 11.3. The van der Waals surface area contributed by atoms with Crippen LogP contribution in [0.5, 0.6) is 5.88 Å². The van der Waals surface area contributed by atoms with Gasteiger partial charge in [0.1, 0.15) is 6.33 Å². The topological polar surface area (TPSA) is 61.0 Å². The van der Waals surface area contributed by atoms with Crippen molar-refractivity contribution in [2.75, 3.05) is 7.11 Å². The Hall–Kier alpha value is -1.94. The second kappa shape index (κ2) is 6.29. The molecule has 1 heterocycles. The van der Waals surface area contributed by atoms with Crippen LogP contribution in [0.4, 0.5) is 0 Å². The van der Waals surface area contributed by atoms with Gasteiger partial charge in [-0.05, 0) is 17.5 Å². The van der Waals surface area contributed by atoms with Crippen LogP contribution in [-0.2, 0) is 6.42 Å². The summed E-state index contributed by atoms with van der Waals surface area (Å²) in [5.41, 5.74) is 9.39. The lowest BCUT2D eigenvalue weighted by Crippen LogP contribution is -2.14. The second-order valence-electron chi connectivity index (χ2n) is 4.46. The standard InChI is InChI=1S/C15H19N3O/c1-3-5-11-6-4-7-12(8-11)15(16)13-9-14(19-2)18-10-17-13/h4,6-10,15H,3,5,16H2,1-2H3. The molecule has 100 valence electrons. The van der Waals surface area contributed by atoms with Gasteiger partial charge in [0, 0.05) is 6.07 Å². The van der Waals surface area contributed by atoms with E-state index in [2.05, 4.69) is 29.0 Å². The minimum atomic E-state index is -0.256. The van der Waals surface area contributed by atoms with Crippen molar-refractivity contribution in [3.05, 3.63) is 53.5 Å². The molecule has 0 spiro atoms. The number of aromatic nitrogens is 2. The van der Waals surface area contributed by atoms with Gasteiger partial charge < -0.3 is 10.5 Å². The molecule has 0 aliphatic rings. The predicted octanol–water partition coefficient (Wildman–Crippen LogP) is 2.49. The van der Waals surface area contributed by atoms with Gasteiger partial charge in [-0.1, -0.05) is 37.6 Å². The molecule has 2 rings (SSSR count). The molecule has 1 aromatic heterocycles. The van der Waals surface area contributed by atoms with Gasteiger partial charge in [-0.3, -0.25) is 0 Å². The van der Waals surface area contributed by atoms with Gasteiger partial charge in [0.05, 0.1) is 18.8 Å². The zero-order valence-corrected chi connectivity index (χ0v) is 11.3. The molecule has 0 aliphatic heterocycles. The van der Waals surface area contributed by atoms with Crippen molar-refractivity contribution in [3.8, 4) is 5.88 Å². The quantitative estimate of drug-likeness (QED) is 0.894. The summed E-state index contributed by atoms with van der Waals surface area (Å²) in [6.45, 7) is 2.17. The summed E-state index contributed by atoms with van der Waals surface area (Å²) >= 11 is 0. The molecule has 0 radical (unpaired) electrons. The fourth-order valence-electron chi connectivity index (χ4n) is 2.04. The fourth-order valence-corrected chi connectivity index (χ4v) is 2.04. The third-order valence-electron chi connectivity index (χ3n) is 3.04. The lowest BCUT2D eigenvalue weighted by atomic mass is 10.00. The molecule has 0 bridgehead atoms. The minimum absolute atomic E-state index is 0.256. The third kappa shape index (κ3) is 3.29. The SMILES string of the molecule is CCCc1cccc(C(N)c2cc(OC)ncn2)c1. The van der Waals surface area contributed by atoms with Gasteiger partial charge in [-0.2, -0.15) is 0 Å². The Kier molecular flexibility index (Phi) is 4.47. The van der Waals surface area contributed by atoms with Crippen LogP contribution < -0.4 is 10.5 Å². The van der Waals surface area contributed by atoms with E-state index in [0.717, 1.165) is 24.1 Å². The van der Waals surface area contributed by atoms with Gasteiger partial charge in [0.15, 0.2) is 0 Å². The largest absolute Gasteiger partial charge is 0.481 e. The average Bonchev–Trinajstić information content (AvgIpc) is 2.47. The highest BCUT2D eigenvalue weighted by molar-refractivity contribution is 5.32. The van der Waals surface area contributed by atoms with Crippen LogP contribution >= 0.6 is 0 Å². The monoisotopic (exact) mass is 257 g/mol. The van der Waals surface area contributed by atoms with E-state index < -0.39 is 0 Å². The Morgan fingerprint density at radius 1 is 1.26 bits per heavy atom. The number of hydrogen-bond donors (Lipinski definition) is 1. The molecule has 0 saturated carbocycles. The summed E-state index contributed by atoms with van der Waals surface area (Å²) in [6.07, 6.45) is 3.66. The molecular weight excluding hydrogens is 238 g/mol. The van der Waals surface area contributed by atoms with E-state index in [-0.39, 0.29) is 6.04 Å². The first-order chi connectivity index (χ1) is 9.24. The summed E-state index contributed by atoms with van der Waals surface area (Å²) in [6, 6.07) is 9.85. The maximum absolute atomic E-state index is 6.26. The molecule has 4 nitrogen and oxygen atoms in total. The molecule has 1 unspecified atom stereocenters. The highest BCUT2D eigenvalue weighted by atomic mass is 16.5. The van der Waals surface area contributed by atoms with Gasteiger partial charge >= 0.3 is 0 Å². The molecule has 1 aromatic carbocycles. The number of hydrogen-bond acceptors (Lipinski definition) is 4. The summed E-state index contributed by atoms with van der Waals surface area (Å²) in [4.78, 5) is 8.22. The van der Waals surface area contributed by atoms with Crippen LogP contribution in [0.15, 0.2) is 36.7 Å². The Balaban J connectivity index is 2.27. The van der Waals surface area contributed by atoms with E-state index in [1.807, 2.05) is 12.1 Å². The Morgan fingerprint density at radius 3 is 2.84 bits per heavy atom. The maximum Gasteiger partial charge on any atom is 0.216 e. The lowest BCUT2D eigenvalue weighted by Gasteiger charge is -2.13. The van der Waals surface area contributed by atoms with Crippen molar-refractivity contribution >= 4 is 0 Å². The Bertz CT molecular complexity index is 542. The molecule has 0 amide bonds. The van der Waals surface area contributed by atoms with Crippen LogP contribution in [0.25, 0.3) is 0 Å². The number of benzene rings is 1. The van der Waals surface area contributed by atoms with Crippen LogP contribution in [0.1, 0.15) is 36.2 Å². The average molecular weight is 257 g/mol. The van der Waals surface area contributed by atoms with Gasteiger partial charge in [0.25, 0.3) is 0 Å². The first-order valence-corrected chi connectivity index (χ1v) is 6.45. The number of nitrogens with zero attached hydrogens (tertiary/aromatic N) is 2. The molecule has 0 fully saturated rings. The van der Waals surface area contributed by atoms with Crippen LogP contribution in [0.2, 0.25) is 0 Å². The Morgan fingerprint density at radius 2 is 2.11 bits per heavy atom. The van der Waals surface area contributed by atoms with E-state index in [4.69, 9.17) is 10.5 Å². The molecule has 2 aromatic rings. The van der Waals surface area contributed by atoms with Crippen molar-refractivity contribution in [3.63, 3.8) is 0 Å². The van der Waals surface area contributed by atoms with Crippen LogP contribution in [0, 0.1) is 0 Å². The van der Waals surface area contributed by atoms with Crippen LogP contribution in [0.3, 0.4) is 0 Å². The number of nitrogens with two attached hydrogens (primary N) is 1. The van der Waals surface area contributed by atoms with Crippen molar-refractivity contribution in [1.82, 2.24) is 9.97 Å². The Labute approximate surface area is 113 Å². The van der Waals surface area contributed by atoms with Crippen molar-refractivity contribution < 1.29 is 4.74 Å². The normalized spacial score (nSPS) is 12.2. The predicted molar refractivity (Wildman–Crippen MR) is 75.1 cm³/mol. The van der Waals surface area contributed by atoms with Crippen molar-refractivity contribution in [2.45, 2.75) is 25.8 Å². The van der Waals surface area contributed by atoms with E-state index in [1.165, 1.54) is 11.9 Å². The van der Waals surface area contributed by atoms with Crippen LogP contribution in [-0.4, -0.2) is 17.1 Å². The number of methoxy groups -OCH3 is 1. The number of ether oxygens (including phenoxy) is 1. The number of rotatable bonds is 5. The molecule has 0 saturated heterocycles. The zero-order chi connectivity index (χ0) is 13.7. The molecule has 1 atom stereocenters. The third-order valence-corrected chi connectivity index (χ3v) is 3.04. The molecule has 2 N–H and O–H groups in total. The first kappa shape index (κ1) is 13.5. The van der Waals surface area contributed by atoms with Crippen molar-refractivity contribution in [1.29, 1.82) is 0 Å². The number of aryl methyl sites for hydroxylation is 1. The van der Waals surface area contributed by atoms with E-state index in [1.54, 1.807) is 13.2 Å².